The van der Waals surface area contributed by atoms with Crippen molar-refractivity contribution in [1.82, 2.24) is 4.90 Å². The predicted molar refractivity (Wildman–Crippen MR) is 64.0 cm³/mol. The van der Waals surface area contributed by atoms with E-state index in [4.69, 9.17) is 10.00 Å². The Labute approximate surface area is 97.8 Å². The first-order chi connectivity index (χ1) is 7.26. The average Bonchev–Trinajstić information content (AvgIpc) is 2.27. The molecular weight excluding hydrogens is 208 g/mol. The molecule has 1 aliphatic heterocycles. The molecular formula is C11H20N2OS. The van der Waals surface area contributed by atoms with Gasteiger partial charge < -0.3 is 4.74 Å². The van der Waals surface area contributed by atoms with Crippen molar-refractivity contribution < 1.29 is 4.74 Å². The van der Waals surface area contributed by atoms with E-state index in [-0.39, 0.29) is 6.10 Å². The standard InChI is InChI=1S/C11H20N2OS/c1-10(3-7-15)2-4-13-5-6-14-11(8-12)9-13/h10-11,15H,2-7,9H2,1H3. The molecule has 0 aromatic heterocycles. The molecule has 2 unspecified atom stereocenters. The molecule has 0 N–H and O–H groups in total. The first-order valence-corrected chi connectivity index (χ1v) is 6.24. The lowest BCUT2D eigenvalue weighted by atomic mass is 10.0. The van der Waals surface area contributed by atoms with Crippen molar-refractivity contribution in [3.05, 3.63) is 0 Å². The first-order valence-electron chi connectivity index (χ1n) is 5.60. The zero-order chi connectivity index (χ0) is 11.1. The highest BCUT2D eigenvalue weighted by Crippen LogP contribution is 2.11. The summed E-state index contributed by atoms with van der Waals surface area (Å²) >= 11 is 4.23. The van der Waals surface area contributed by atoms with Crippen LogP contribution >= 0.6 is 12.6 Å². The van der Waals surface area contributed by atoms with Gasteiger partial charge in [0.1, 0.15) is 0 Å². The Hall–Kier alpha value is -0.240. The third-order valence-electron chi connectivity index (χ3n) is 2.85. The predicted octanol–water partition coefficient (Wildman–Crippen LogP) is 1.56. The maximum absolute atomic E-state index is 8.76. The van der Waals surface area contributed by atoms with Crippen LogP contribution in [0.15, 0.2) is 0 Å². The van der Waals surface area contributed by atoms with E-state index in [0.29, 0.717) is 6.61 Å². The summed E-state index contributed by atoms with van der Waals surface area (Å²) in [6, 6.07) is 2.17. The number of ether oxygens (including phenoxy) is 1. The van der Waals surface area contributed by atoms with Crippen molar-refractivity contribution >= 4 is 12.6 Å². The van der Waals surface area contributed by atoms with Crippen molar-refractivity contribution in [3.63, 3.8) is 0 Å². The van der Waals surface area contributed by atoms with Gasteiger partial charge >= 0.3 is 0 Å². The lowest BCUT2D eigenvalue weighted by Gasteiger charge is -2.30. The number of nitrogens with zero attached hydrogens (tertiary/aromatic N) is 2. The van der Waals surface area contributed by atoms with Crippen molar-refractivity contribution in [1.29, 1.82) is 5.26 Å². The smallest absolute Gasteiger partial charge is 0.156 e. The minimum atomic E-state index is -0.223. The van der Waals surface area contributed by atoms with Crippen molar-refractivity contribution in [2.24, 2.45) is 5.92 Å². The molecule has 1 aliphatic rings. The van der Waals surface area contributed by atoms with E-state index in [1.807, 2.05) is 0 Å². The van der Waals surface area contributed by atoms with Crippen LogP contribution < -0.4 is 0 Å². The summed E-state index contributed by atoms with van der Waals surface area (Å²) in [5, 5.41) is 8.76. The zero-order valence-corrected chi connectivity index (χ0v) is 10.2. The second-order valence-corrected chi connectivity index (χ2v) is 4.64. The molecule has 1 rings (SSSR count). The van der Waals surface area contributed by atoms with Crippen molar-refractivity contribution in [3.8, 4) is 6.07 Å². The Morgan fingerprint density at radius 1 is 1.60 bits per heavy atom. The van der Waals surface area contributed by atoms with Gasteiger partial charge in [0.25, 0.3) is 0 Å². The first kappa shape index (κ1) is 12.8. The van der Waals surface area contributed by atoms with Crippen LogP contribution in [-0.4, -0.2) is 43.0 Å². The molecule has 0 aromatic rings. The number of morpholine rings is 1. The largest absolute Gasteiger partial charge is 0.361 e. The van der Waals surface area contributed by atoms with E-state index in [0.717, 1.165) is 31.3 Å². The highest BCUT2D eigenvalue weighted by atomic mass is 32.1. The van der Waals surface area contributed by atoms with Gasteiger partial charge in [-0.2, -0.15) is 17.9 Å². The summed E-state index contributed by atoms with van der Waals surface area (Å²) in [7, 11) is 0. The van der Waals surface area contributed by atoms with Crippen molar-refractivity contribution in [2.45, 2.75) is 25.9 Å². The van der Waals surface area contributed by atoms with Crippen LogP contribution in [0, 0.1) is 17.2 Å². The molecule has 86 valence electrons. The highest BCUT2D eigenvalue weighted by Gasteiger charge is 2.19. The van der Waals surface area contributed by atoms with Crippen molar-refractivity contribution in [2.75, 3.05) is 32.0 Å². The van der Waals surface area contributed by atoms with Crippen LogP contribution in [0.4, 0.5) is 0 Å². The van der Waals surface area contributed by atoms with Gasteiger partial charge in [-0.1, -0.05) is 6.92 Å². The van der Waals surface area contributed by atoms with E-state index in [2.05, 4.69) is 30.5 Å². The number of nitriles is 1. The van der Waals surface area contributed by atoms with E-state index >= 15 is 0 Å². The summed E-state index contributed by atoms with van der Waals surface area (Å²) in [5.74, 6) is 1.69. The maximum atomic E-state index is 8.76. The van der Waals surface area contributed by atoms with Crippen LogP contribution in [0.1, 0.15) is 19.8 Å². The Kier molecular flexibility index (Phi) is 6.07. The van der Waals surface area contributed by atoms with Gasteiger partial charge in [-0.25, -0.2) is 0 Å². The van der Waals surface area contributed by atoms with E-state index in [1.54, 1.807) is 0 Å². The van der Waals surface area contributed by atoms with Crippen LogP contribution in [0.2, 0.25) is 0 Å². The fourth-order valence-electron chi connectivity index (χ4n) is 1.75. The molecule has 0 spiro atoms. The molecule has 0 amide bonds. The van der Waals surface area contributed by atoms with Gasteiger partial charge in [0.05, 0.1) is 12.7 Å². The lowest BCUT2D eigenvalue weighted by Crippen LogP contribution is -2.42. The van der Waals surface area contributed by atoms with Gasteiger partial charge in [0, 0.05) is 13.1 Å². The SMILES string of the molecule is CC(CCS)CCN1CCOC(C#N)C1. The van der Waals surface area contributed by atoms with E-state index in [9.17, 15) is 0 Å². The van der Waals surface area contributed by atoms with Crippen LogP contribution in [0.3, 0.4) is 0 Å². The molecule has 1 saturated heterocycles. The van der Waals surface area contributed by atoms with E-state index in [1.165, 1.54) is 12.8 Å². The Morgan fingerprint density at radius 2 is 2.40 bits per heavy atom. The molecule has 0 aromatic carbocycles. The molecule has 0 aliphatic carbocycles. The fourth-order valence-corrected chi connectivity index (χ4v) is 2.19. The quantitative estimate of drug-likeness (QED) is 0.725. The van der Waals surface area contributed by atoms with Gasteiger partial charge in [0.2, 0.25) is 0 Å². The Bertz CT molecular complexity index is 217. The van der Waals surface area contributed by atoms with E-state index < -0.39 is 0 Å². The summed E-state index contributed by atoms with van der Waals surface area (Å²) in [6.45, 7) is 5.77. The zero-order valence-electron chi connectivity index (χ0n) is 9.35. The maximum Gasteiger partial charge on any atom is 0.156 e. The average molecular weight is 228 g/mol. The lowest BCUT2D eigenvalue weighted by molar-refractivity contribution is -0.00106. The molecule has 1 heterocycles. The number of rotatable bonds is 5. The highest BCUT2D eigenvalue weighted by molar-refractivity contribution is 7.80. The number of hydrogen-bond acceptors (Lipinski definition) is 4. The third kappa shape index (κ3) is 4.87. The number of hydrogen-bond donors (Lipinski definition) is 1. The minimum absolute atomic E-state index is 0.223. The molecule has 0 saturated carbocycles. The normalized spacial score (nSPS) is 24.7. The minimum Gasteiger partial charge on any atom is -0.361 e. The molecule has 0 radical (unpaired) electrons. The van der Waals surface area contributed by atoms with Gasteiger partial charge in [-0.3, -0.25) is 4.90 Å². The van der Waals surface area contributed by atoms with Gasteiger partial charge in [-0.05, 0) is 31.1 Å². The second kappa shape index (κ2) is 7.10. The summed E-state index contributed by atoms with van der Waals surface area (Å²) in [5.41, 5.74) is 0. The van der Waals surface area contributed by atoms with Crippen LogP contribution in [0.5, 0.6) is 0 Å². The molecule has 3 nitrogen and oxygen atoms in total. The monoisotopic (exact) mass is 228 g/mol. The van der Waals surface area contributed by atoms with Crippen LogP contribution in [0.25, 0.3) is 0 Å². The second-order valence-electron chi connectivity index (χ2n) is 4.20. The van der Waals surface area contributed by atoms with Gasteiger partial charge in [0.15, 0.2) is 6.10 Å². The topological polar surface area (TPSA) is 36.3 Å². The molecule has 1 fully saturated rings. The summed E-state index contributed by atoms with van der Waals surface area (Å²) in [4.78, 5) is 2.33. The van der Waals surface area contributed by atoms with Gasteiger partial charge in [-0.15, -0.1) is 0 Å². The summed E-state index contributed by atoms with van der Waals surface area (Å²) < 4.78 is 5.30. The van der Waals surface area contributed by atoms with Crippen LogP contribution in [-0.2, 0) is 4.74 Å². The third-order valence-corrected chi connectivity index (χ3v) is 3.11. The number of thiol groups is 1. The fraction of sp³-hybridized carbons (Fsp3) is 0.909. The Morgan fingerprint density at radius 3 is 3.07 bits per heavy atom. The molecule has 4 heteroatoms. The molecule has 2 atom stereocenters. The summed E-state index contributed by atoms with van der Waals surface area (Å²) in [6.07, 6.45) is 2.15. The molecule has 0 bridgehead atoms. The Balaban J connectivity index is 2.18. The molecule has 15 heavy (non-hydrogen) atoms.